The van der Waals surface area contributed by atoms with Crippen molar-refractivity contribution in [3.63, 3.8) is 0 Å². The fourth-order valence-corrected chi connectivity index (χ4v) is 2.57. The number of anilines is 1. The lowest BCUT2D eigenvalue weighted by molar-refractivity contribution is 0.570. The average Bonchev–Trinajstić information content (AvgIpc) is 2.89. The van der Waals surface area contributed by atoms with E-state index in [0.717, 1.165) is 6.54 Å². The van der Waals surface area contributed by atoms with Crippen LogP contribution in [0.3, 0.4) is 0 Å². The Labute approximate surface area is 105 Å². The van der Waals surface area contributed by atoms with Crippen LogP contribution in [0, 0.1) is 0 Å². The van der Waals surface area contributed by atoms with Gasteiger partial charge in [0.05, 0.1) is 0 Å². The van der Waals surface area contributed by atoms with Crippen molar-refractivity contribution in [2.45, 2.75) is 39.2 Å². The highest BCUT2D eigenvalue weighted by molar-refractivity contribution is 5.55. The number of benzene rings is 1. The van der Waals surface area contributed by atoms with Crippen molar-refractivity contribution in [2.24, 2.45) is 0 Å². The van der Waals surface area contributed by atoms with Crippen LogP contribution in [-0.2, 0) is 0 Å². The first kappa shape index (κ1) is 12.4. The van der Waals surface area contributed by atoms with Gasteiger partial charge in [-0.1, -0.05) is 25.1 Å². The van der Waals surface area contributed by atoms with Crippen molar-refractivity contribution < 1.29 is 0 Å². The maximum absolute atomic E-state index is 3.59. The third-order valence-electron chi connectivity index (χ3n) is 3.55. The summed E-state index contributed by atoms with van der Waals surface area (Å²) in [6.45, 7) is 8.02. The maximum atomic E-state index is 3.59. The van der Waals surface area contributed by atoms with E-state index in [0.29, 0.717) is 6.04 Å². The molecule has 1 fully saturated rings. The lowest BCUT2D eigenvalue weighted by Gasteiger charge is -2.25. The molecule has 0 radical (unpaired) electrons. The van der Waals surface area contributed by atoms with Gasteiger partial charge in [-0.05, 0) is 44.4 Å². The number of nitrogens with one attached hydrogen (secondary N) is 1. The normalized spacial score (nSPS) is 17.4. The molecule has 0 aliphatic carbocycles. The molecule has 1 aromatic rings. The summed E-state index contributed by atoms with van der Waals surface area (Å²) in [6, 6.07) is 9.29. The Kier molecular flexibility index (Phi) is 4.43. The highest BCUT2D eigenvalue weighted by atomic mass is 15.1. The molecule has 1 heterocycles. The number of rotatable bonds is 5. The summed E-state index contributed by atoms with van der Waals surface area (Å²) >= 11 is 0. The molecule has 0 amide bonds. The molecule has 1 atom stereocenters. The topological polar surface area (TPSA) is 15.3 Å². The minimum Gasteiger partial charge on any atom is -0.371 e. The van der Waals surface area contributed by atoms with E-state index in [1.807, 2.05) is 0 Å². The summed E-state index contributed by atoms with van der Waals surface area (Å²) < 4.78 is 0. The molecule has 0 saturated carbocycles. The molecule has 1 aromatic carbocycles. The molecule has 1 aliphatic heterocycles. The van der Waals surface area contributed by atoms with Crippen LogP contribution in [0.15, 0.2) is 24.3 Å². The first-order valence-corrected chi connectivity index (χ1v) is 6.90. The first-order valence-electron chi connectivity index (χ1n) is 6.90. The van der Waals surface area contributed by atoms with Gasteiger partial charge >= 0.3 is 0 Å². The Bertz CT molecular complexity index is 343. The van der Waals surface area contributed by atoms with Crippen LogP contribution >= 0.6 is 0 Å². The number of hydrogen-bond acceptors (Lipinski definition) is 2. The van der Waals surface area contributed by atoms with E-state index in [1.54, 1.807) is 0 Å². The van der Waals surface area contributed by atoms with E-state index < -0.39 is 0 Å². The molecule has 0 spiro atoms. The summed E-state index contributed by atoms with van der Waals surface area (Å²) in [5, 5.41) is 3.59. The fraction of sp³-hybridized carbons (Fsp3) is 0.600. The van der Waals surface area contributed by atoms with E-state index in [4.69, 9.17) is 0 Å². The first-order chi connectivity index (χ1) is 8.33. The Morgan fingerprint density at radius 3 is 2.65 bits per heavy atom. The third kappa shape index (κ3) is 3.01. The Balaban J connectivity index is 2.14. The van der Waals surface area contributed by atoms with E-state index in [9.17, 15) is 0 Å². The third-order valence-corrected chi connectivity index (χ3v) is 3.55. The molecular weight excluding hydrogens is 208 g/mol. The molecule has 1 aliphatic rings. The van der Waals surface area contributed by atoms with Crippen molar-refractivity contribution in [1.29, 1.82) is 0 Å². The van der Waals surface area contributed by atoms with Crippen LogP contribution in [-0.4, -0.2) is 19.6 Å². The smallest absolute Gasteiger partial charge is 0.0414 e. The lowest BCUT2D eigenvalue weighted by Crippen LogP contribution is -2.24. The molecule has 1 N–H and O–H groups in total. The summed E-state index contributed by atoms with van der Waals surface area (Å²) in [7, 11) is 0. The average molecular weight is 232 g/mol. The van der Waals surface area contributed by atoms with Crippen molar-refractivity contribution in [3.8, 4) is 0 Å². The number of hydrogen-bond donors (Lipinski definition) is 1. The maximum Gasteiger partial charge on any atom is 0.0414 e. The summed E-state index contributed by atoms with van der Waals surface area (Å²) in [5.41, 5.74) is 2.88. The quantitative estimate of drug-likeness (QED) is 0.837. The van der Waals surface area contributed by atoms with Gasteiger partial charge < -0.3 is 10.2 Å². The Morgan fingerprint density at radius 2 is 1.94 bits per heavy atom. The van der Waals surface area contributed by atoms with Crippen LogP contribution in [0.25, 0.3) is 0 Å². The predicted octanol–water partition coefficient (Wildman–Crippen LogP) is 3.35. The Morgan fingerprint density at radius 1 is 1.24 bits per heavy atom. The highest BCUT2D eigenvalue weighted by Crippen LogP contribution is 2.28. The molecular formula is C15H24N2. The second-order valence-electron chi connectivity index (χ2n) is 4.93. The standard InChI is InChI=1S/C15H24N2/c1-3-10-16-13(2)14-8-4-5-9-15(14)17-11-6-7-12-17/h4-5,8-9,13,16H,3,6-7,10-12H2,1-2H3. The molecule has 0 aromatic heterocycles. The number of para-hydroxylation sites is 1. The molecule has 2 rings (SSSR count). The molecule has 0 bridgehead atoms. The van der Waals surface area contributed by atoms with Gasteiger partial charge in [0.2, 0.25) is 0 Å². The second kappa shape index (κ2) is 6.06. The van der Waals surface area contributed by atoms with Gasteiger partial charge in [-0.25, -0.2) is 0 Å². The van der Waals surface area contributed by atoms with Crippen LogP contribution in [0.1, 0.15) is 44.7 Å². The van der Waals surface area contributed by atoms with E-state index in [1.165, 1.54) is 43.6 Å². The predicted molar refractivity (Wildman–Crippen MR) is 74.6 cm³/mol. The summed E-state index contributed by atoms with van der Waals surface area (Å²) in [4.78, 5) is 2.53. The summed E-state index contributed by atoms with van der Waals surface area (Å²) in [6.07, 6.45) is 3.87. The molecule has 17 heavy (non-hydrogen) atoms. The fourth-order valence-electron chi connectivity index (χ4n) is 2.57. The van der Waals surface area contributed by atoms with Gasteiger partial charge in [0.1, 0.15) is 0 Å². The van der Waals surface area contributed by atoms with Crippen LogP contribution in [0.2, 0.25) is 0 Å². The van der Waals surface area contributed by atoms with Gasteiger partial charge in [0.15, 0.2) is 0 Å². The zero-order valence-corrected chi connectivity index (χ0v) is 11.1. The summed E-state index contributed by atoms with van der Waals surface area (Å²) in [5.74, 6) is 0. The molecule has 94 valence electrons. The monoisotopic (exact) mass is 232 g/mol. The van der Waals surface area contributed by atoms with E-state index >= 15 is 0 Å². The minimum atomic E-state index is 0.451. The number of nitrogens with zero attached hydrogens (tertiary/aromatic N) is 1. The van der Waals surface area contributed by atoms with Gasteiger partial charge in [0, 0.05) is 24.8 Å². The van der Waals surface area contributed by atoms with Gasteiger partial charge in [0.25, 0.3) is 0 Å². The zero-order valence-electron chi connectivity index (χ0n) is 11.1. The van der Waals surface area contributed by atoms with Gasteiger partial charge in [-0.3, -0.25) is 0 Å². The second-order valence-corrected chi connectivity index (χ2v) is 4.93. The molecule has 2 nitrogen and oxygen atoms in total. The van der Waals surface area contributed by atoms with Crippen molar-refractivity contribution in [1.82, 2.24) is 5.32 Å². The molecule has 2 heteroatoms. The van der Waals surface area contributed by atoms with Gasteiger partial charge in [-0.2, -0.15) is 0 Å². The Hall–Kier alpha value is -1.02. The van der Waals surface area contributed by atoms with Crippen LogP contribution in [0.4, 0.5) is 5.69 Å². The van der Waals surface area contributed by atoms with E-state index in [-0.39, 0.29) is 0 Å². The van der Waals surface area contributed by atoms with Crippen molar-refractivity contribution in [2.75, 3.05) is 24.5 Å². The molecule has 1 unspecified atom stereocenters. The van der Waals surface area contributed by atoms with Crippen molar-refractivity contribution in [3.05, 3.63) is 29.8 Å². The SMILES string of the molecule is CCCNC(C)c1ccccc1N1CCCC1. The van der Waals surface area contributed by atoms with Crippen LogP contribution in [0.5, 0.6) is 0 Å². The lowest BCUT2D eigenvalue weighted by atomic mass is 10.1. The minimum absolute atomic E-state index is 0.451. The van der Waals surface area contributed by atoms with Gasteiger partial charge in [-0.15, -0.1) is 0 Å². The van der Waals surface area contributed by atoms with Crippen molar-refractivity contribution >= 4 is 5.69 Å². The highest BCUT2D eigenvalue weighted by Gasteiger charge is 2.17. The van der Waals surface area contributed by atoms with E-state index in [2.05, 4.69) is 48.3 Å². The largest absolute Gasteiger partial charge is 0.371 e. The zero-order chi connectivity index (χ0) is 12.1. The van der Waals surface area contributed by atoms with Crippen LogP contribution < -0.4 is 10.2 Å². The molecule has 1 saturated heterocycles.